The fourth-order valence-electron chi connectivity index (χ4n) is 3.45. The van der Waals surface area contributed by atoms with E-state index in [0.717, 1.165) is 22.5 Å². The van der Waals surface area contributed by atoms with Crippen molar-refractivity contribution in [2.24, 2.45) is 0 Å². The van der Waals surface area contributed by atoms with E-state index in [1.54, 1.807) is 32.2 Å². The molecule has 4 aromatic rings. The number of hydrogen-bond acceptors (Lipinski definition) is 3. The molecule has 2 aromatic heterocycles. The molecule has 0 aliphatic rings. The van der Waals surface area contributed by atoms with Gasteiger partial charge in [-0.2, -0.15) is 0 Å². The number of hydrogen-bond donors (Lipinski definition) is 1. The number of nitrogens with zero attached hydrogens (tertiary/aromatic N) is 2. The van der Waals surface area contributed by atoms with Crippen LogP contribution in [0.5, 0.6) is 5.75 Å². The Morgan fingerprint density at radius 3 is 2.73 bits per heavy atom. The number of anilines is 1. The van der Waals surface area contributed by atoms with Crippen LogP contribution in [0, 0.1) is 19.7 Å². The summed E-state index contributed by atoms with van der Waals surface area (Å²) in [5.41, 5.74) is 5.18. The van der Waals surface area contributed by atoms with Crippen molar-refractivity contribution in [3.63, 3.8) is 0 Å². The van der Waals surface area contributed by atoms with Gasteiger partial charge < -0.3 is 14.5 Å². The molecule has 0 saturated heterocycles. The first-order valence-corrected chi connectivity index (χ1v) is 9.62. The van der Waals surface area contributed by atoms with Gasteiger partial charge >= 0.3 is 0 Å². The molecule has 0 radical (unpaired) electrons. The molecular weight excluding hydrogens is 381 g/mol. The number of fused-ring (bicyclic) bond motifs is 1. The van der Waals surface area contributed by atoms with Gasteiger partial charge in [0.05, 0.1) is 24.9 Å². The Balaban J connectivity index is 1.73. The largest absolute Gasteiger partial charge is 0.497 e. The number of amides is 1. The minimum Gasteiger partial charge on any atom is -0.497 e. The fraction of sp³-hybridized carbons (Fsp3) is 0.167. The van der Waals surface area contributed by atoms with Crippen LogP contribution in [0.25, 0.3) is 16.9 Å². The molecule has 30 heavy (non-hydrogen) atoms. The van der Waals surface area contributed by atoms with E-state index >= 15 is 0 Å². The highest BCUT2D eigenvalue weighted by molar-refractivity contribution is 5.93. The van der Waals surface area contributed by atoms with E-state index < -0.39 is 0 Å². The Labute approximate surface area is 174 Å². The van der Waals surface area contributed by atoms with Crippen molar-refractivity contribution in [1.29, 1.82) is 0 Å². The third-order valence-electron chi connectivity index (χ3n) is 4.98. The number of carbonyl (C=O) groups is 1. The molecule has 152 valence electrons. The van der Waals surface area contributed by atoms with Gasteiger partial charge in [-0.25, -0.2) is 9.37 Å². The molecule has 1 amide bonds. The SMILES string of the molecule is COc1cccc(NC(=O)Cc2c(-c3ccc(F)c(C)c3)nc3ccc(C)cn23)c1. The zero-order valence-electron chi connectivity index (χ0n) is 17.1. The standard InChI is InChI=1S/C24H22FN3O2/c1-15-7-10-22-27-24(17-8-9-20(25)16(2)11-17)21(28(22)14-15)13-23(29)26-18-5-4-6-19(12-18)30-3/h4-12,14H,13H2,1-3H3,(H,26,29). The molecule has 6 heteroatoms. The van der Waals surface area contributed by atoms with Crippen molar-refractivity contribution in [2.45, 2.75) is 20.3 Å². The molecule has 5 nitrogen and oxygen atoms in total. The average molecular weight is 403 g/mol. The zero-order valence-corrected chi connectivity index (χ0v) is 17.1. The zero-order chi connectivity index (χ0) is 21.3. The molecule has 0 fully saturated rings. The Morgan fingerprint density at radius 1 is 1.13 bits per heavy atom. The van der Waals surface area contributed by atoms with Crippen molar-refractivity contribution in [3.05, 3.63) is 83.4 Å². The number of halogens is 1. The van der Waals surface area contributed by atoms with Gasteiger partial charge in [-0.05, 0) is 61.4 Å². The van der Waals surface area contributed by atoms with Gasteiger partial charge in [-0.3, -0.25) is 4.79 Å². The predicted molar refractivity (Wildman–Crippen MR) is 115 cm³/mol. The lowest BCUT2D eigenvalue weighted by atomic mass is 10.1. The average Bonchev–Trinajstić information content (AvgIpc) is 3.07. The van der Waals surface area contributed by atoms with Crippen LogP contribution in [-0.4, -0.2) is 22.4 Å². The number of benzene rings is 2. The van der Waals surface area contributed by atoms with Crippen LogP contribution in [0.15, 0.2) is 60.8 Å². The van der Waals surface area contributed by atoms with Gasteiger partial charge in [0.1, 0.15) is 17.2 Å². The monoisotopic (exact) mass is 403 g/mol. The fourth-order valence-corrected chi connectivity index (χ4v) is 3.45. The third-order valence-corrected chi connectivity index (χ3v) is 4.98. The molecule has 2 aromatic carbocycles. The number of rotatable bonds is 5. The number of methoxy groups -OCH3 is 1. The minimum atomic E-state index is -0.268. The summed E-state index contributed by atoms with van der Waals surface area (Å²) in [4.78, 5) is 17.6. The van der Waals surface area contributed by atoms with Gasteiger partial charge in [0.2, 0.25) is 5.91 Å². The highest BCUT2D eigenvalue weighted by Crippen LogP contribution is 2.27. The second-order valence-electron chi connectivity index (χ2n) is 7.26. The maximum atomic E-state index is 13.8. The summed E-state index contributed by atoms with van der Waals surface area (Å²) >= 11 is 0. The van der Waals surface area contributed by atoms with E-state index in [4.69, 9.17) is 9.72 Å². The predicted octanol–water partition coefficient (Wildman–Crippen LogP) is 4.95. The van der Waals surface area contributed by atoms with Gasteiger partial charge in [0.25, 0.3) is 0 Å². The van der Waals surface area contributed by atoms with E-state index in [2.05, 4.69) is 5.32 Å². The Bertz CT molecular complexity index is 1250. The topological polar surface area (TPSA) is 55.6 Å². The van der Waals surface area contributed by atoms with E-state index in [-0.39, 0.29) is 18.1 Å². The first-order valence-electron chi connectivity index (χ1n) is 9.62. The maximum Gasteiger partial charge on any atom is 0.230 e. The molecular formula is C24H22FN3O2. The highest BCUT2D eigenvalue weighted by atomic mass is 19.1. The maximum absolute atomic E-state index is 13.8. The number of aryl methyl sites for hydroxylation is 2. The van der Waals surface area contributed by atoms with E-state index in [1.807, 2.05) is 47.9 Å². The number of aromatic nitrogens is 2. The summed E-state index contributed by atoms with van der Waals surface area (Å²) in [5.74, 6) is 0.225. The smallest absolute Gasteiger partial charge is 0.230 e. The van der Waals surface area contributed by atoms with Crippen LogP contribution < -0.4 is 10.1 Å². The lowest BCUT2D eigenvalue weighted by Gasteiger charge is -2.09. The molecule has 0 spiro atoms. The number of pyridine rings is 1. The van der Waals surface area contributed by atoms with Crippen molar-refractivity contribution in [1.82, 2.24) is 9.38 Å². The van der Waals surface area contributed by atoms with Gasteiger partial charge in [-0.15, -0.1) is 0 Å². The summed E-state index contributed by atoms with van der Waals surface area (Å²) in [6.07, 6.45) is 2.07. The molecule has 0 unspecified atom stereocenters. The van der Waals surface area contributed by atoms with E-state index in [9.17, 15) is 9.18 Å². The minimum absolute atomic E-state index is 0.119. The summed E-state index contributed by atoms with van der Waals surface area (Å²) in [6.45, 7) is 3.70. The van der Waals surface area contributed by atoms with Crippen LogP contribution in [0.4, 0.5) is 10.1 Å². The van der Waals surface area contributed by atoms with Gasteiger partial charge in [0.15, 0.2) is 0 Å². The molecule has 0 aliphatic heterocycles. The first-order chi connectivity index (χ1) is 14.4. The van der Waals surface area contributed by atoms with Crippen LogP contribution in [0.2, 0.25) is 0 Å². The van der Waals surface area contributed by atoms with Gasteiger partial charge in [-0.1, -0.05) is 12.1 Å². The van der Waals surface area contributed by atoms with Crippen molar-refractivity contribution in [3.8, 4) is 17.0 Å². The molecule has 1 N–H and O–H groups in total. The van der Waals surface area contributed by atoms with Crippen LogP contribution in [0.1, 0.15) is 16.8 Å². The van der Waals surface area contributed by atoms with Gasteiger partial charge in [0, 0.05) is 23.5 Å². The summed E-state index contributed by atoms with van der Waals surface area (Å²) in [5, 5.41) is 2.91. The second-order valence-corrected chi connectivity index (χ2v) is 7.26. The quantitative estimate of drug-likeness (QED) is 0.513. The lowest BCUT2D eigenvalue weighted by Crippen LogP contribution is -2.16. The lowest BCUT2D eigenvalue weighted by molar-refractivity contribution is -0.115. The van der Waals surface area contributed by atoms with Crippen molar-refractivity contribution in [2.75, 3.05) is 12.4 Å². The van der Waals surface area contributed by atoms with Crippen LogP contribution in [0.3, 0.4) is 0 Å². The normalized spacial score (nSPS) is 10.9. The van der Waals surface area contributed by atoms with E-state index in [1.165, 1.54) is 6.07 Å². The molecule has 0 aliphatic carbocycles. The summed E-state index contributed by atoms with van der Waals surface area (Å²) in [6, 6.07) is 16.0. The Morgan fingerprint density at radius 2 is 1.97 bits per heavy atom. The second kappa shape index (κ2) is 7.99. The molecule has 0 atom stereocenters. The summed E-state index contributed by atoms with van der Waals surface area (Å²) < 4.78 is 20.9. The van der Waals surface area contributed by atoms with Crippen LogP contribution in [-0.2, 0) is 11.2 Å². The highest BCUT2D eigenvalue weighted by Gasteiger charge is 2.18. The number of nitrogens with one attached hydrogen (secondary N) is 1. The number of ether oxygens (including phenoxy) is 1. The first kappa shape index (κ1) is 19.6. The molecule has 4 rings (SSSR count). The third kappa shape index (κ3) is 3.89. The Kier molecular flexibility index (Phi) is 5.23. The van der Waals surface area contributed by atoms with E-state index in [0.29, 0.717) is 22.7 Å². The molecule has 2 heterocycles. The number of carbonyl (C=O) groups excluding carboxylic acids is 1. The van der Waals surface area contributed by atoms with Crippen molar-refractivity contribution < 1.29 is 13.9 Å². The molecule has 0 saturated carbocycles. The van der Waals surface area contributed by atoms with Crippen molar-refractivity contribution >= 4 is 17.2 Å². The van der Waals surface area contributed by atoms with Crippen LogP contribution >= 0.6 is 0 Å². The number of imidazole rings is 1. The summed E-state index contributed by atoms with van der Waals surface area (Å²) in [7, 11) is 1.58. The molecule has 0 bridgehead atoms. The Hall–Kier alpha value is -3.67.